The molecule has 0 unspecified atom stereocenters. The summed E-state index contributed by atoms with van der Waals surface area (Å²) in [4.78, 5) is 42.0. The number of hydrogen-bond acceptors (Lipinski definition) is 15. The standard InChI is InChI=1S/C53H60N6O13/c54-40-10-4-18-51(40,31-8-2-1-3-9-31)43-29(7-6-20-60)24-52(50(68)69)44(43)34-22-37(63)38(71-53(70)49(67)48(66)47(65)39(26-61)72-53)23-35(34)59(52)42(64)17-13-28-12-16-36(62)33(21-28)32-15-14-30(45-46(32)58-27-57-45)25-56-41-11-5-19-55-41/h1-3,5,8-9,11-13,16-17,19,21-24,27,30,32,39-40,43-44,47-49,55-56,60-63,65-67,70H,4,6-7,10,14-15,18,20,25-26,54H2,(H,57,58)(H,68,69)/b17-13+/t30-,32-,39-,40-,43-,44+,47-,48+,49-,51+,52-,53+/m1/s1. The van der Waals surface area contributed by atoms with Crippen LogP contribution in [0.1, 0.15) is 96.3 Å². The van der Waals surface area contributed by atoms with E-state index in [1.54, 1.807) is 24.5 Å². The van der Waals surface area contributed by atoms with E-state index in [4.69, 9.17) is 15.2 Å². The molecule has 3 aromatic carbocycles. The molecule has 72 heavy (non-hydrogen) atoms. The molecule has 2 fully saturated rings. The lowest BCUT2D eigenvalue weighted by Crippen LogP contribution is -2.67. The predicted molar refractivity (Wildman–Crippen MR) is 261 cm³/mol. The fraction of sp³-hybridized carbons (Fsp3) is 0.415. The Labute approximate surface area is 413 Å². The zero-order valence-corrected chi connectivity index (χ0v) is 39.2. The second kappa shape index (κ2) is 19.1. The lowest BCUT2D eigenvalue weighted by Gasteiger charge is -2.45. The normalized spacial score (nSPS) is 31.8. The first-order chi connectivity index (χ1) is 34.7. The molecule has 1 amide bonds. The number of nitrogens with one attached hydrogen (secondary N) is 3. The van der Waals surface area contributed by atoms with Crippen LogP contribution in [-0.2, 0) is 19.7 Å². The van der Waals surface area contributed by atoms with Crippen molar-refractivity contribution in [3.05, 3.63) is 137 Å². The number of aliphatic carboxylic acids is 1. The molecule has 380 valence electrons. The number of ether oxygens (including phenoxy) is 2. The molecule has 10 rings (SSSR count). The number of aliphatic hydroxyl groups is 6. The SMILES string of the molecule is N[C@@H]1CCC[C@@]1(c1ccccc1)[C@@H]1C(CCCO)=C[C@]2(C(=O)O)[C@H]1c1cc(O)c(O[C@]3(O)O[C@H](CO)[C@@H](O)[C@H](O)[C@H]3O)cc1N2C(=O)/C=C/c1ccc(O)c([C@H]2CC[C@H](CNc3ccc[nH]3)c3nc[nH]c32)c1. The van der Waals surface area contributed by atoms with Crippen LogP contribution < -0.4 is 20.7 Å². The van der Waals surface area contributed by atoms with Crippen molar-refractivity contribution in [1.82, 2.24) is 15.0 Å². The molecule has 3 aliphatic carbocycles. The third-order valence-electron chi connectivity index (χ3n) is 15.9. The minimum Gasteiger partial charge on any atom is -0.508 e. The molecule has 2 aliphatic heterocycles. The number of allylic oxidation sites excluding steroid dienone is 1. The number of aromatic nitrogens is 3. The number of rotatable bonds is 15. The van der Waals surface area contributed by atoms with Crippen molar-refractivity contribution in [2.24, 2.45) is 11.7 Å². The molecular formula is C53H60N6O13. The number of aliphatic hydroxyl groups excluding tert-OH is 5. The second-order valence-corrected chi connectivity index (χ2v) is 19.7. The highest BCUT2D eigenvalue weighted by Gasteiger charge is 2.69. The summed E-state index contributed by atoms with van der Waals surface area (Å²) < 4.78 is 11.1. The first-order valence-corrected chi connectivity index (χ1v) is 24.4. The molecule has 5 aliphatic rings. The third-order valence-corrected chi connectivity index (χ3v) is 15.9. The highest BCUT2D eigenvalue weighted by molar-refractivity contribution is 6.13. The summed E-state index contributed by atoms with van der Waals surface area (Å²) in [7, 11) is 0. The number of amides is 1. The first kappa shape index (κ1) is 49.0. The van der Waals surface area contributed by atoms with Crippen LogP contribution >= 0.6 is 0 Å². The van der Waals surface area contributed by atoms with Gasteiger partial charge in [-0.25, -0.2) is 9.78 Å². The Kier molecular flexibility index (Phi) is 13.0. The van der Waals surface area contributed by atoms with Crippen LogP contribution in [0, 0.1) is 5.92 Å². The number of carbonyl (C=O) groups is 2. The van der Waals surface area contributed by atoms with Gasteiger partial charge in [0, 0.05) is 77.9 Å². The third kappa shape index (κ3) is 7.95. The summed E-state index contributed by atoms with van der Waals surface area (Å²) in [5, 5.41) is 102. The van der Waals surface area contributed by atoms with Crippen molar-refractivity contribution in [2.45, 2.75) is 110 Å². The lowest BCUT2D eigenvalue weighted by molar-refractivity contribution is -0.422. The lowest BCUT2D eigenvalue weighted by atomic mass is 9.59. The number of fused-ring (bicyclic) bond motifs is 4. The second-order valence-electron chi connectivity index (χ2n) is 19.7. The van der Waals surface area contributed by atoms with Crippen LogP contribution in [0.3, 0.4) is 0 Å². The molecule has 2 aromatic heterocycles. The summed E-state index contributed by atoms with van der Waals surface area (Å²) in [5.74, 6) is -7.72. The van der Waals surface area contributed by atoms with E-state index in [-0.39, 0.29) is 48.3 Å². The Morgan fingerprint density at radius 2 is 1.75 bits per heavy atom. The number of phenolic OH excluding ortho intramolecular Hbond substituents is 2. The van der Waals surface area contributed by atoms with E-state index in [1.807, 2.05) is 48.7 Å². The van der Waals surface area contributed by atoms with Gasteiger partial charge in [-0.15, -0.1) is 0 Å². The van der Waals surface area contributed by atoms with Crippen molar-refractivity contribution in [3.63, 3.8) is 0 Å². The van der Waals surface area contributed by atoms with Gasteiger partial charge in [0.05, 0.1) is 24.3 Å². The number of carboxylic acid groups (broad SMARTS) is 1. The van der Waals surface area contributed by atoms with Crippen LogP contribution in [0.25, 0.3) is 6.08 Å². The summed E-state index contributed by atoms with van der Waals surface area (Å²) in [6.45, 7) is -0.478. The van der Waals surface area contributed by atoms with Gasteiger partial charge < -0.3 is 76.5 Å². The van der Waals surface area contributed by atoms with Crippen LogP contribution in [0.5, 0.6) is 17.2 Å². The Balaban J connectivity index is 1.07. The number of nitrogens with zero attached hydrogens (tertiary/aromatic N) is 2. The molecule has 0 bridgehead atoms. The van der Waals surface area contributed by atoms with Gasteiger partial charge >= 0.3 is 11.9 Å². The van der Waals surface area contributed by atoms with Gasteiger partial charge in [-0.3, -0.25) is 9.69 Å². The summed E-state index contributed by atoms with van der Waals surface area (Å²) in [5.41, 5.74) is 8.66. The highest BCUT2D eigenvalue weighted by atomic mass is 16.8. The zero-order chi connectivity index (χ0) is 50.7. The molecule has 0 spiro atoms. The maximum atomic E-state index is 15.3. The number of aromatic amines is 2. The number of nitrogens with two attached hydrogens (primary N) is 1. The number of H-pyrrole nitrogens is 2. The van der Waals surface area contributed by atoms with Crippen molar-refractivity contribution in [3.8, 4) is 17.2 Å². The van der Waals surface area contributed by atoms with E-state index < -0.39 is 89.2 Å². The number of carbonyl (C=O) groups excluding carboxylic acids is 1. The van der Waals surface area contributed by atoms with Crippen LogP contribution in [0.15, 0.2) is 103 Å². The Hall–Kier alpha value is -6.55. The Morgan fingerprint density at radius 1 is 0.944 bits per heavy atom. The van der Waals surface area contributed by atoms with Crippen LogP contribution in [0.4, 0.5) is 11.5 Å². The van der Waals surface area contributed by atoms with E-state index >= 15 is 4.79 Å². The van der Waals surface area contributed by atoms with Crippen molar-refractivity contribution in [2.75, 3.05) is 30.0 Å². The molecule has 14 N–H and O–H groups in total. The fourth-order valence-corrected chi connectivity index (χ4v) is 12.6. The largest absolute Gasteiger partial charge is 0.508 e. The molecule has 1 saturated carbocycles. The minimum absolute atomic E-state index is 0.0385. The Bertz CT molecular complexity index is 2870. The molecule has 1 saturated heterocycles. The van der Waals surface area contributed by atoms with Gasteiger partial charge in [0.15, 0.2) is 23.1 Å². The smallest absolute Gasteiger partial charge is 0.355 e. The average molecular weight is 989 g/mol. The van der Waals surface area contributed by atoms with E-state index in [0.717, 1.165) is 40.2 Å². The number of aromatic hydroxyl groups is 2. The Morgan fingerprint density at radius 3 is 2.46 bits per heavy atom. The summed E-state index contributed by atoms with van der Waals surface area (Å²) in [6.07, 6.45) is 3.73. The molecule has 4 heterocycles. The van der Waals surface area contributed by atoms with Gasteiger partial charge in [-0.05, 0) is 97.7 Å². The van der Waals surface area contributed by atoms with Crippen molar-refractivity contribution >= 4 is 29.5 Å². The van der Waals surface area contributed by atoms with Crippen LogP contribution in [-0.4, -0.2) is 135 Å². The number of anilines is 2. The number of hydrogen-bond donors (Lipinski definition) is 13. The molecule has 5 aromatic rings. The monoisotopic (exact) mass is 988 g/mol. The van der Waals surface area contributed by atoms with E-state index in [9.17, 15) is 50.8 Å². The zero-order valence-electron chi connectivity index (χ0n) is 39.2. The summed E-state index contributed by atoms with van der Waals surface area (Å²) in [6, 6.07) is 20.3. The minimum atomic E-state index is -3.18. The van der Waals surface area contributed by atoms with E-state index in [0.29, 0.717) is 48.9 Å². The maximum Gasteiger partial charge on any atom is 0.355 e. The van der Waals surface area contributed by atoms with Gasteiger partial charge in [0.1, 0.15) is 29.9 Å². The van der Waals surface area contributed by atoms with E-state index in [1.165, 1.54) is 24.3 Å². The molecule has 19 nitrogen and oxygen atoms in total. The van der Waals surface area contributed by atoms with E-state index in [2.05, 4.69) is 20.3 Å². The molecule has 19 heteroatoms. The molecule has 0 radical (unpaired) electrons. The molecule has 12 atom stereocenters. The van der Waals surface area contributed by atoms with Crippen molar-refractivity contribution < 1.29 is 65.0 Å². The maximum absolute atomic E-state index is 15.3. The number of carboxylic acids is 1. The first-order valence-electron chi connectivity index (χ1n) is 24.4. The predicted octanol–water partition coefficient (Wildman–Crippen LogP) is 3.51. The van der Waals surface area contributed by atoms with Crippen LogP contribution in [0.2, 0.25) is 0 Å². The van der Waals surface area contributed by atoms with Crippen molar-refractivity contribution in [1.29, 1.82) is 0 Å². The average Bonchev–Trinajstić information content (AvgIpc) is 4.24. The number of imidazole rings is 1. The van der Waals surface area contributed by atoms with Gasteiger partial charge in [0.2, 0.25) is 0 Å². The quantitative estimate of drug-likeness (QED) is 0.0406. The van der Waals surface area contributed by atoms with Gasteiger partial charge in [-0.2, -0.15) is 0 Å². The highest BCUT2D eigenvalue weighted by Crippen LogP contribution is 2.67. The number of phenols is 2. The van der Waals surface area contributed by atoms with Gasteiger partial charge in [-0.1, -0.05) is 48.4 Å². The fourth-order valence-electron chi connectivity index (χ4n) is 12.6. The van der Waals surface area contributed by atoms with Gasteiger partial charge in [0.25, 0.3) is 5.91 Å². The topological polar surface area (TPSA) is 320 Å². The summed E-state index contributed by atoms with van der Waals surface area (Å²) >= 11 is 0. The molecular weight excluding hydrogens is 929 g/mol. The number of benzene rings is 3.